The SMILES string of the molecule is CCCCCCCCCCC(Oc1ccc(C23CC4CC(CC(C4)C2)C3)c(F)c1F)P(=O)(O)O. The number of hydrogen-bond donors (Lipinski definition) is 2. The normalized spacial score (nSPS) is 28.9. The van der Waals surface area contributed by atoms with E-state index in [0.29, 0.717) is 29.7 Å². The molecule has 4 saturated carbocycles. The minimum atomic E-state index is -4.62. The zero-order valence-electron chi connectivity index (χ0n) is 20.5. The first kappa shape index (κ1) is 26.1. The Labute approximate surface area is 203 Å². The van der Waals surface area contributed by atoms with Gasteiger partial charge in [-0.3, -0.25) is 4.57 Å². The Bertz CT molecular complexity index is 848. The molecule has 1 aromatic carbocycles. The first-order valence-corrected chi connectivity index (χ1v) is 15.1. The minimum absolute atomic E-state index is 0.122. The summed E-state index contributed by atoms with van der Waals surface area (Å²) in [5.74, 6) is -2.02. The van der Waals surface area contributed by atoms with E-state index in [1.165, 1.54) is 51.0 Å². The van der Waals surface area contributed by atoms with E-state index in [9.17, 15) is 14.4 Å². The predicted octanol–water partition coefficient (Wildman–Crippen LogP) is 7.85. The molecule has 1 aromatic rings. The maximum absolute atomic E-state index is 15.3. The molecule has 4 aliphatic rings. The molecule has 4 bridgehead atoms. The second-order valence-electron chi connectivity index (χ2n) is 11.4. The molecule has 1 unspecified atom stereocenters. The Morgan fingerprint density at radius 3 is 1.97 bits per heavy atom. The Hall–Kier alpha value is -0.970. The van der Waals surface area contributed by atoms with Gasteiger partial charge in [-0.1, -0.05) is 57.9 Å². The molecule has 4 nitrogen and oxygen atoms in total. The van der Waals surface area contributed by atoms with E-state index in [2.05, 4.69) is 6.92 Å². The Kier molecular flexibility index (Phi) is 8.42. The fourth-order valence-corrected chi connectivity index (χ4v) is 8.14. The standard InChI is InChI=1S/C27H41F2O4P/c1-2-3-4-5-6-7-8-9-10-24(34(30,31)32)33-23-12-11-22(25(28)26(23)29)27-16-19-13-20(17-27)15-21(14-19)18-27/h11-12,19-21,24H,2-10,13-18H2,1H3,(H2,30,31,32). The molecular weight excluding hydrogens is 457 g/mol. The monoisotopic (exact) mass is 498 g/mol. The third-order valence-electron chi connectivity index (χ3n) is 8.60. The van der Waals surface area contributed by atoms with Gasteiger partial charge in [-0.15, -0.1) is 0 Å². The van der Waals surface area contributed by atoms with Crippen LogP contribution < -0.4 is 4.74 Å². The van der Waals surface area contributed by atoms with E-state index in [0.717, 1.165) is 38.5 Å². The van der Waals surface area contributed by atoms with Crippen molar-refractivity contribution in [3.8, 4) is 5.75 Å². The van der Waals surface area contributed by atoms with E-state index in [-0.39, 0.29) is 17.6 Å². The van der Waals surface area contributed by atoms with Crippen LogP contribution in [-0.4, -0.2) is 15.6 Å². The summed E-state index contributed by atoms with van der Waals surface area (Å²) in [7, 11) is -4.62. The molecule has 0 amide bonds. The molecule has 2 N–H and O–H groups in total. The zero-order valence-corrected chi connectivity index (χ0v) is 21.4. The van der Waals surface area contributed by atoms with Crippen LogP contribution in [0, 0.1) is 29.4 Å². The number of unbranched alkanes of at least 4 members (excludes halogenated alkanes) is 7. The fourth-order valence-electron chi connectivity index (χ4n) is 7.37. The van der Waals surface area contributed by atoms with Crippen molar-refractivity contribution in [3.05, 3.63) is 29.3 Å². The highest BCUT2D eigenvalue weighted by Crippen LogP contribution is 2.61. The number of rotatable bonds is 13. The zero-order chi connectivity index (χ0) is 24.3. The van der Waals surface area contributed by atoms with Gasteiger partial charge in [-0.25, -0.2) is 4.39 Å². The van der Waals surface area contributed by atoms with E-state index >= 15 is 8.78 Å². The second-order valence-corrected chi connectivity index (χ2v) is 13.1. The van der Waals surface area contributed by atoms with Crippen molar-refractivity contribution in [1.29, 1.82) is 0 Å². The Morgan fingerprint density at radius 1 is 0.912 bits per heavy atom. The van der Waals surface area contributed by atoms with Gasteiger partial charge >= 0.3 is 7.60 Å². The lowest BCUT2D eigenvalue weighted by molar-refractivity contribution is -0.00710. The molecule has 0 radical (unpaired) electrons. The van der Waals surface area contributed by atoms with E-state index < -0.39 is 25.1 Å². The highest BCUT2D eigenvalue weighted by molar-refractivity contribution is 7.52. The van der Waals surface area contributed by atoms with Gasteiger partial charge < -0.3 is 14.5 Å². The van der Waals surface area contributed by atoms with Gasteiger partial charge in [0.2, 0.25) is 5.82 Å². The maximum Gasteiger partial charge on any atom is 0.365 e. The van der Waals surface area contributed by atoms with Crippen molar-refractivity contribution in [2.75, 3.05) is 0 Å². The maximum atomic E-state index is 15.3. The van der Waals surface area contributed by atoms with Crippen LogP contribution in [0.25, 0.3) is 0 Å². The molecule has 192 valence electrons. The molecule has 0 spiro atoms. The molecule has 4 fully saturated rings. The second kappa shape index (κ2) is 11.0. The van der Waals surface area contributed by atoms with Crippen LogP contribution in [0.1, 0.15) is 109 Å². The van der Waals surface area contributed by atoms with Crippen LogP contribution in [-0.2, 0) is 9.98 Å². The van der Waals surface area contributed by atoms with Crippen LogP contribution in [0.5, 0.6) is 5.75 Å². The molecular formula is C27H41F2O4P. The minimum Gasteiger partial charge on any atom is -0.475 e. The lowest BCUT2D eigenvalue weighted by Gasteiger charge is -2.57. The van der Waals surface area contributed by atoms with Crippen LogP contribution >= 0.6 is 7.60 Å². The number of halogens is 2. The van der Waals surface area contributed by atoms with Gasteiger partial charge in [0.1, 0.15) is 0 Å². The van der Waals surface area contributed by atoms with Gasteiger partial charge in [0.15, 0.2) is 17.4 Å². The van der Waals surface area contributed by atoms with Gasteiger partial charge in [0, 0.05) is 0 Å². The topological polar surface area (TPSA) is 66.8 Å². The van der Waals surface area contributed by atoms with E-state index in [1.54, 1.807) is 6.07 Å². The third-order valence-corrected chi connectivity index (χ3v) is 9.71. The lowest BCUT2D eigenvalue weighted by atomic mass is 9.48. The van der Waals surface area contributed by atoms with Crippen molar-refractivity contribution in [1.82, 2.24) is 0 Å². The van der Waals surface area contributed by atoms with Crippen molar-refractivity contribution in [3.63, 3.8) is 0 Å². The average molecular weight is 499 g/mol. The molecule has 0 heterocycles. The summed E-state index contributed by atoms with van der Waals surface area (Å²) < 4.78 is 47.9. The quantitative estimate of drug-likeness (QED) is 0.215. The van der Waals surface area contributed by atoms with Gasteiger partial charge in [-0.2, -0.15) is 4.39 Å². The molecule has 1 atom stereocenters. The fraction of sp³-hybridized carbons (Fsp3) is 0.778. The van der Waals surface area contributed by atoms with Gasteiger partial charge in [0.25, 0.3) is 0 Å². The first-order valence-electron chi connectivity index (χ1n) is 13.4. The molecule has 0 saturated heterocycles. The number of benzene rings is 1. The summed E-state index contributed by atoms with van der Waals surface area (Å²) in [4.78, 5) is 19.6. The lowest BCUT2D eigenvalue weighted by Crippen LogP contribution is -2.49. The van der Waals surface area contributed by atoms with Crippen LogP contribution in [0.15, 0.2) is 12.1 Å². The van der Waals surface area contributed by atoms with Crippen LogP contribution in [0.4, 0.5) is 8.78 Å². The van der Waals surface area contributed by atoms with Crippen molar-refractivity contribution >= 4 is 7.60 Å². The summed E-state index contributed by atoms with van der Waals surface area (Å²) in [5, 5.41) is 0. The van der Waals surface area contributed by atoms with Crippen molar-refractivity contribution in [2.24, 2.45) is 17.8 Å². The third kappa shape index (κ3) is 5.87. The molecule has 0 aromatic heterocycles. The van der Waals surface area contributed by atoms with E-state index in [1.807, 2.05) is 0 Å². The molecule has 0 aliphatic heterocycles. The average Bonchev–Trinajstić information content (AvgIpc) is 2.75. The highest BCUT2D eigenvalue weighted by atomic mass is 31.2. The summed E-state index contributed by atoms with van der Waals surface area (Å²) >= 11 is 0. The largest absolute Gasteiger partial charge is 0.475 e. The molecule has 4 aliphatic carbocycles. The summed E-state index contributed by atoms with van der Waals surface area (Å²) in [5.41, 5.74) is 0.144. The van der Waals surface area contributed by atoms with E-state index in [4.69, 9.17) is 4.74 Å². The van der Waals surface area contributed by atoms with Crippen molar-refractivity contribution in [2.45, 2.75) is 114 Å². The van der Waals surface area contributed by atoms with Crippen LogP contribution in [0.2, 0.25) is 0 Å². The Balaban J connectivity index is 1.39. The smallest absolute Gasteiger partial charge is 0.365 e. The molecule has 34 heavy (non-hydrogen) atoms. The highest BCUT2D eigenvalue weighted by Gasteiger charge is 2.52. The summed E-state index contributed by atoms with van der Waals surface area (Å²) in [6.45, 7) is 2.17. The van der Waals surface area contributed by atoms with Gasteiger partial charge in [0.05, 0.1) is 0 Å². The summed E-state index contributed by atoms with van der Waals surface area (Å²) in [6.07, 6.45) is 14.9. The van der Waals surface area contributed by atoms with Crippen LogP contribution in [0.3, 0.4) is 0 Å². The molecule has 7 heteroatoms. The number of ether oxygens (including phenoxy) is 1. The first-order chi connectivity index (χ1) is 16.2. The molecule has 5 rings (SSSR count). The predicted molar refractivity (Wildman–Crippen MR) is 130 cm³/mol. The number of hydrogen-bond acceptors (Lipinski definition) is 2. The Morgan fingerprint density at radius 2 is 1.44 bits per heavy atom. The van der Waals surface area contributed by atoms with Gasteiger partial charge in [-0.05, 0) is 86.2 Å². The van der Waals surface area contributed by atoms with Crippen molar-refractivity contribution < 1.29 is 27.9 Å². The summed E-state index contributed by atoms with van der Waals surface area (Å²) in [6, 6.07) is 3.01.